The van der Waals surface area contributed by atoms with Gasteiger partial charge in [0.2, 0.25) is 5.91 Å². The number of anilines is 1. The molecule has 0 saturated heterocycles. The van der Waals surface area contributed by atoms with Crippen molar-refractivity contribution in [2.75, 3.05) is 19.5 Å². The molecule has 0 heterocycles. The van der Waals surface area contributed by atoms with E-state index >= 15 is 0 Å². The van der Waals surface area contributed by atoms with Gasteiger partial charge in [-0.1, -0.05) is 50.6 Å². The molecule has 0 fully saturated rings. The Morgan fingerprint density at radius 1 is 1.08 bits per heavy atom. The van der Waals surface area contributed by atoms with Crippen LogP contribution < -0.4 is 14.8 Å². The number of hydrogen-bond acceptors (Lipinski definition) is 3. The Kier molecular flexibility index (Phi) is 6.45. The number of carbonyl (C=O) groups is 1. The van der Waals surface area contributed by atoms with Crippen LogP contribution in [0.2, 0.25) is 0 Å². The SMILES string of the molecule is CC[C@H](C)[C@@H](C(=O)Nc1cc(OC)c(OC)cc1C)c1ccccc1. The van der Waals surface area contributed by atoms with Gasteiger partial charge in [-0.25, -0.2) is 0 Å². The molecule has 1 amide bonds. The fourth-order valence-corrected chi connectivity index (χ4v) is 2.96. The Bertz CT molecular complexity index is 713. The smallest absolute Gasteiger partial charge is 0.232 e. The van der Waals surface area contributed by atoms with Crippen LogP contribution in [0.1, 0.15) is 37.3 Å². The van der Waals surface area contributed by atoms with Gasteiger partial charge in [-0.2, -0.15) is 0 Å². The lowest BCUT2D eigenvalue weighted by Crippen LogP contribution is -2.26. The largest absolute Gasteiger partial charge is 0.493 e. The van der Waals surface area contributed by atoms with Crippen molar-refractivity contribution in [1.29, 1.82) is 0 Å². The number of rotatable bonds is 7. The number of benzene rings is 2. The summed E-state index contributed by atoms with van der Waals surface area (Å²) in [6.45, 7) is 6.16. The minimum Gasteiger partial charge on any atom is -0.493 e. The standard InChI is InChI=1S/C21H27NO3/c1-6-14(2)20(16-10-8-7-9-11-16)21(23)22-17-13-19(25-5)18(24-4)12-15(17)3/h7-14,20H,6H2,1-5H3,(H,22,23)/t14-,20+/m0/s1. The summed E-state index contributed by atoms with van der Waals surface area (Å²) >= 11 is 0. The predicted molar refractivity (Wildman–Crippen MR) is 102 cm³/mol. The first-order valence-corrected chi connectivity index (χ1v) is 8.60. The van der Waals surface area contributed by atoms with Crippen LogP contribution in [0, 0.1) is 12.8 Å². The van der Waals surface area contributed by atoms with E-state index in [0.29, 0.717) is 11.5 Å². The van der Waals surface area contributed by atoms with Gasteiger partial charge in [-0.3, -0.25) is 4.79 Å². The molecule has 0 unspecified atom stereocenters. The number of aryl methyl sites for hydroxylation is 1. The van der Waals surface area contributed by atoms with Crippen LogP contribution in [0.5, 0.6) is 11.5 Å². The van der Waals surface area contributed by atoms with E-state index in [0.717, 1.165) is 23.2 Å². The van der Waals surface area contributed by atoms with Crippen LogP contribution in [0.15, 0.2) is 42.5 Å². The molecule has 0 aromatic heterocycles. The number of carbonyl (C=O) groups excluding carboxylic acids is 1. The zero-order valence-electron chi connectivity index (χ0n) is 15.6. The van der Waals surface area contributed by atoms with Gasteiger partial charge in [0.25, 0.3) is 0 Å². The highest BCUT2D eigenvalue weighted by atomic mass is 16.5. The first-order chi connectivity index (χ1) is 12.0. The van der Waals surface area contributed by atoms with Crippen LogP contribution in [0.4, 0.5) is 5.69 Å². The van der Waals surface area contributed by atoms with Crippen LogP contribution in [-0.2, 0) is 4.79 Å². The Morgan fingerprint density at radius 3 is 2.24 bits per heavy atom. The summed E-state index contributed by atoms with van der Waals surface area (Å²) < 4.78 is 10.7. The second-order valence-electron chi connectivity index (χ2n) is 6.29. The molecule has 1 N–H and O–H groups in total. The average Bonchev–Trinajstić information content (AvgIpc) is 2.63. The van der Waals surface area contributed by atoms with Gasteiger partial charge in [-0.15, -0.1) is 0 Å². The molecule has 0 aliphatic rings. The van der Waals surface area contributed by atoms with E-state index in [9.17, 15) is 4.79 Å². The molecule has 4 heteroatoms. The average molecular weight is 341 g/mol. The molecule has 0 aliphatic carbocycles. The minimum absolute atomic E-state index is 0.00382. The van der Waals surface area contributed by atoms with Crippen molar-refractivity contribution in [3.63, 3.8) is 0 Å². The molecule has 0 radical (unpaired) electrons. The van der Waals surface area contributed by atoms with E-state index in [4.69, 9.17) is 9.47 Å². The molecule has 0 bridgehead atoms. The van der Waals surface area contributed by atoms with E-state index in [1.165, 1.54) is 0 Å². The fourth-order valence-electron chi connectivity index (χ4n) is 2.96. The summed E-state index contributed by atoms with van der Waals surface area (Å²) in [5, 5.41) is 3.08. The van der Waals surface area contributed by atoms with E-state index < -0.39 is 0 Å². The Balaban J connectivity index is 2.32. The van der Waals surface area contributed by atoms with Crippen molar-refractivity contribution in [3.8, 4) is 11.5 Å². The van der Waals surface area contributed by atoms with Crippen molar-refractivity contribution in [2.45, 2.75) is 33.1 Å². The van der Waals surface area contributed by atoms with Crippen LogP contribution in [0.3, 0.4) is 0 Å². The lowest BCUT2D eigenvalue weighted by molar-refractivity contribution is -0.118. The predicted octanol–water partition coefficient (Wildman–Crippen LogP) is 4.78. The van der Waals surface area contributed by atoms with Gasteiger partial charge in [0.1, 0.15) is 0 Å². The van der Waals surface area contributed by atoms with Gasteiger partial charge in [0, 0.05) is 11.8 Å². The number of methoxy groups -OCH3 is 2. The molecule has 25 heavy (non-hydrogen) atoms. The molecule has 2 aromatic carbocycles. The van der Waals surface area contributed by atoms with E-state index in [2.05, 4.69) is 19.2 Å². The highest BCUT2D eigenvalue weighted by molar-refractivity contribution is 5.97. The molecule has 2 aromatic rings. The van der Waals surface area contributed by atoms with Crippen molar-refractivity contribution in [2.24, 2.45) is 5.92 Å². The highest BCUT2D eigenvalue weighted by Gasteiger charge is 2.26. The Hall–Kier alpha value is -2.49. The third-order valence-electron chi connectivity index (χ3n) is 4.64. The molecule has 134 valence electrons. The van der Waals surface area contributed by atoms with Crippen molar-refractivity contribution >= 4 is 11.6 Å². The quantitative estimate of drug-likeness (QED) is 0.788. The highest BCUT2D eigenvalue weighted by Crippen LogP contribution is 2.34. The third-order valence-corrected chi connectivity index (χ3v) is 4.64. The van der Waals surface area contributed by atoms with E-state index in [1.807, 2.05) is 49.4 Å². The van der Waals surface area contributed by atoms with Crippen molar-refractivity contribution in [3.05, 3.63) is 53.6 Å². The first kappa shape index (κ1) is 18.8. The summed E-state index contributed by atoms with van der Waals surface area (Å²) in [5.41, 5.74) is 2.71. The molecule has 0 saturated carbocycles. The lowest BCUT2D eigenvalue weighted by Gasteiger charge is -2.23. The zero-order chi connectivity index (χ0) is 18.4. The fraction of sp³-hybridized carbons (Fsp3) is 0.381. The molecule has 4 nitrogen and oxygen atoms in total. The summed E-state index contributed by atoms with van der Waals surface area (Å²) in [6.07, 6.45) is 0.928. The number of hydrogen-bond donors (Lipinski definition) is 1. The molecular weight excluding hydrogens is 314 g/mol. The molecule has 2 atom stereocenters. The molecule has 0 aliphatic heterocycles. The third kappa shape index (κ3) is 4.32. The van der Waals surface area contributed by atoms with Gasteiger partial charge < -0.3 is 14.8 Å². The Morgan fingerprint density at radius 2 is 1.68 bits per heavy atom. The van der Waals surface area contributed by atoms with E-state index in [1.54, 1.807) is 14.2 Å². The number of amides is 1. The zero-order valence-corrected chi connectivity index (χ0v) is 15.6. The van der Waals surface area contributed by atoms with Crippen LogP contribution in [-0.4, -0.2) is 20.1 Å². The van der Waals surface area contributed by atoms with Crippen LogP contribution in [0.25, 0.3) is 0 Å². The molecule has 2 rings (SSSR count). The van der Waals surface area contributed by atoms with Gasteiger partial charge in [0.05, 0.1) is 20.1 Å². The lowest BCUT2D eigenvalue weighted by atomic mass is 9.85. The summed E-state index contributed by atoms with van der Waals surface area (Å²) in [7, 11) is 3.19. The number of nitrogens with one attached hydrogen (secondary N) is 1. The van der Waals surface area contributed by atoms with Gasteiger partial charge >= 0.3 is 0 Å². The second-order valence-corrected chi connectivity index (χ2v) is 6.29. The first-order valence-electron chi connectivity index (χ1n) is 8.60. The maximum absolute atomic E-state index is 13.0. The summed E-state index contributed by atoms with van der Waals surface area (Å²) in [6, 6.07) is 13.6. The monoisotopic (exact) mass is 341 g/mol. The maximum atomic E-state index is 13.0. The maximum Gasteiger partial charge on any atom is 0.232 e. The van der Waals surface area contributed by atoms with Gasteiger partial charge in [0.15, 0.2) is 11.5 Å². The summed E-state index contributed by atoms with van der Waals surface area (Å²) in [5.74, 6) is 1.29. The van der Waals surface area contributed by atoms with E-state index in [-0.39, 0.29) is 17.7 Å². The van der Waals surface area contributed by atoms with Crippen LogP contribution >= 0.6 is 0 Å². The van der Waals surface area contributed by atoms with Gasteiger partial charge in [-0.05, 0) is 30.0 Å². The molecule has 0 spiro atoms. The Labute approximate surface area is 150 Å². The molecular formula is C21H27NO3. The number of ether oxygens (including phenoxy) is 2. The van der Waals surface area contributed by atoms with Crippen molar-refractivity contribution in [1.82, 2.24) is 0 Å². The van der Waals surface area contributed by atoms with Crippen molar-refractivity contribution < 1.29 is 14.3 Å². The normalized spacial score (nSPS) is 13.0. The second kappa shape index (κ2) is 8.56. The minimum atomic E-state index is -0.196. The topological polar surface area (TPSA) is 47.6 Å². The summed E-state index contributed by atoms with van der Waals surface area (Å²) in [4.78, 5) is 13.0.